The van der Waals surface area contributed by atoms with Crippen LogP contribution in [0.1, 0.15) is 22.5 Å². The summed E-state index contributed by atoms with van der Waals surface area (Å²) < 4.78 is 27.2. The number of nitrogens with one attached hydrogen (secondary N) is 1. The highest BCUT2D eigenvalue weighted by Gasteiger charge is 2.29. The fourth-order valence-electron chi connectivity index (χ4n) is 3.49. The molecule has 1 atom stereocenters. The van der Waals surface area contributed by atoms with Gasteiger partial charge in [-0.3, -0.25) is 14.4 Å². The molecule has 34 heavy (non-hydrogen) atoms. The lowest BCUT2D eigenvalue weighted by Gasteiger charge is -2.16. The number of fused-ring (bicyclic) bond motifs is 1. The maximum Gasteiger partial charge on any atom is 0.333 e. The van der Waals surface area contributed by atoms with E-state index in [2.05, 4.69) is 20.4 Å². The molecule has 0 saturated carbocycles. The number of aromatic nitrogens is 4. The number of nitrogens with zero attached hydrogens (tertiary/aromatic N) is 4. The summed E-state index contributed by atoms with van der Waals surface area (Å²) in [6.45, 7) is -3.03. The first-order chi connectivity index (χ1) is 16.3. The zero-order chi connectivity index (χ0) is 24.2. The number of amides is 2. The number of hydrogen-bond donors (Lipinski definition) is 2. The van der Waals surface area contributed by atoms with Crippen molar-refractivity contribution in [2.45, 2.75) is 19.0 Å². The summed E-state index contributed by atoms with van der Waals surface area (Å²) in [5.41, 5.74) is 6.13. The van der Waals surface area contributed by atoms with E-state index in [0.717, 1.165) is 6.20 Å². The van der Waals surface area contributed by atoms with Crippen LogP contribution in [0.4, 0.5) is 8.78 Å². The molecule has 2 heterocycles. The summed E-state index contributed by atoms with van der Waals surface area (Å²) in [6.07, 6.45) is 2.07. The smallest absolute Gasteiger partial charge is 0.333 e. The second-order valence-corrected chi connectivity index (χ2v) is 7.33. The molecule has 9 nitrogen and oxygen atoms in total. The molecule has 0 spiro atoms. The number of carbonyl (C=O) groups is 3. The Morgan fingerprint density at radius 1 is 0.971 bits per heavy atom. The fourth-order valence-corrected chi connectivity index (χ4v) is 3.49. The van der Waals surface area contributed by atoms with E-state index in [4.69, 9.17) is 5.73 Å². The van der Waals surface area contributed by atoms with Crippen molar-refractivity contribution < 1.29 is 23.2 Å². The molecule has 11 heteroatoms. The minimum absolute atomic E-state index is 0.0247. The molecule has 4 rings (SSSR count). The SMILES string of the molecule is NC(=O)C(=O)C(Cc1ccccc1)NC(=O)c1cn(C(F)F)nc1-c1ncnc2ccccc12. The molecule has 3 N–H and O–H groups in total. The number of hydrogen-bond acceptors (Lipinski definition) is 6. The van der Waals surface area contributed by atoms with Crippen LogP contribution in [0.2, 0.25) is 0 Å². The molecule has 2 aromatic carbocycles. The Balaban J connectivity index is 1.74. The molecule has 2 aromatic heterocycles. The zero-order valence-electron chi connectivity index (χ0n) is 17.6. The molecule has 0 saturated heterocycles. The number of benzene rings is 2. The Morgan fingerprint density at radius 3 is 2.38 bits per heavy atom. The molecule has 0 aliphatic rings. The van der Waals surface area contributed by atoms with Crippen molar-refractivity contribution in [2.75, 3.05) is 0 Å². The lowest BCUT2D eigenvalue weighted by molar-refractivity contribution is -0.137. The Bertz CT molecular complexity index is 1370. The van der Waals surface area contributed by atoms with E-state index in [1.165, 1.54) is 6.33 Å². The average molecular weight is 464 g/mol. The Hall–Kier alpha value is -4.54. The zero-order valence-corrected chi connectivity index (χ0v) is 17.6. The van der Waals surface area contributed by atoms with Gasteiger partial charge in [-0.05, 0) is 11.6 Å². The molecule has 0 fully saturated rings. The normalized spacial score (nSPS) is 12.0. The molecular formula is C23H18F2N6O3. The highest BCUT2D eigenvalue weighted by atomic mass is 19.3. The maximum atomic E-state index is 13.5. The number of ketones is 1. The Kier molecular flexibility index (Phi) is 6.35. The molecule has 0 aliphatic carbocycles. The van der Waals surface area contributed by atoms with E-state index in [-0.39, 0.29) is 23.4 Å². The van der Waals surface area contributed by atoms with Gasteiger partial charge in [-0.1, -0.05) is 48.5 Å². The predicted molar refractivity (Wildman–Crippen MR) is 118 cm³/mol. The summed E-state index contributed by atoms with van der Waals surface area (Å²) in [5, 5.41) is 6.80. The van der Waals surface area contributed by atoms with E-state index in [0.29, 0.717) is 21.1 Å². The van der Waals surface area contributed by atoms with E-state index < -0.39 is 30.2 Å². The van der Waals surface area contributed by atoms with Gasteiger partial charge in [0.2, 0.25) is 5.78 Å². The molecule has 1 unspecified atom stereocenters. The molecular weight excluding hydrogens is 446 g/mol. The topological polar surface area (TPSA) is 133 Å². The first kappa shape index (κ1) is 22.6. The molecule has 0 aliphatic heterocycles. The van der Waals surface area contributed by atoms with Gasteiger partial charge in [-0.2, -0.15) is 13.9 Å². The lowest BCUT2D eigenvalue weighted by atomic mass is 10.0. The Morgan fingerprint density at radius 2 is 1.68 bits per heavy atom. The van der Waals surface area contributed by atoms with Gasteiger partial charge in [0.25, 0.3) is 11.8 Å². The lowest BCUT2D eigenvalue weighted by Crippen LogP contribution is -2.47. The first-order valence-corrected chi connectivity index (χ1v) is 10.1. The minimum atomic E-state index is -3.03. The minimum Gasteiger partial charge on any atom is -0.363 e. The van der Waals surface area contributed by atoms with Gasteiger partial charge in [0.1, 0.15) is 23.8 Å². The van der Waals surface area contributed by atoms with Gasteiger partial charge < -0.3 is 11.1 Å². The second-order valence-electron chi connectivity index (χ2n) is 7.33. The first-order valence-electron chi connectivity index (χ1n) is 10.1. The van der Waals surface area contributed by atoms with Gasteiger partial charge in [-0.25, -0.2) is 14.6 Å². The van der Waals surface area contributed by atoms with Gasteiger partial charge in [0.05, 0.1) is 11.1 Å². The van der Waals surface area contributed by atoms with Crippen molar-refractivity contribution in [3.05, 3.63) is 78.2 Å². The van der Waals surface area contributed by atoms with E-state index in [9.17, 15) is 23.2 Å². The molecule has 4 aromatic rings. The number of carbonyl (C=O) groups excluding carboxylic acids is 3. The van der Waals surface area contributed by atoms with Crippen LogP contribution in [0.3, 0.4) is 0 Å². The third kappa shape index (κ3) is 4.63. The van der Waals surface area contributed by atoms with Gasteiger partial charge in [0.15, 0.2) is 0 Å². The number of para-hydroxylation sites is 1. The maximum absolute atomic E-state index is 13.5. The number of Topliss-reactive ketones (excluding diaryl/α,β-unsaturated/α-hetero) is 1. The van der Waals surface area contributed by atoms with Crippen molar-refractivity contribution in [1.82, 2.24) is 25.1 Å². The molecule has 0 bridgehead atoms. The van der Waals surface area contributed by atoms with Crippen molar-refractivity contribution in [3.8, 4) is 11.4 Å². The van der Waals surface area contributed by atoms with Crippen LogP contribution in [0.5, 0.6) is 0 Å². The van der Waals surface area contributed by atoms with Crippen molar-refractivity contribution in [1.29, 1.82) is 0 Å². The van der Waals surface area contributed by atoms with Gasteiger partial charge in [0, 0.05) is 18.0 Å². The summed E-state index contributed by atoms with van der Waals surface area (Å²) >= 11 is 0. The summed E-state index contributed by atoms with van der Waals surface area (Å²) in [4.78, 5) is 45.4. The fraction of sp³-hybridized carbons (Fsp3) is 0.130. The quantitative estimate of drug-likeness (QED) is 0.385. The van der Waals surface area contributed by atoms with E-state index in [1.54, 1.807) is 54.6 Å². The molecule has 0 radical (unpaired) electrons. The second kappa shape index (κ2) is 9.53. The largest absolute Gasteiger partial charge is 0.363 e. The predicted octanol–water partition coefficient (Wildman–Crippen LogP) is 2.28. The number of halogens is 2. The Labute approximate surface area is 191 Å². The standard InChI is InChI=1S/C23H18F2N6O3/c24-23(25)31-11-15(19(30-31)18-14-8-4-5-9-16(14)27-12-28-18)22(34)29-17(20(32)21(26)33)10-13-6-2-1-3-7-13/h1-9,11-12,17,23H,10H2,(H2,26,33)(H,29,34). The highest BCUT2D eigenvalue weighted by Crippen LogP contribution is 2.28. The molecule has 172 valence electrons. The van der Waals surface area contributed by atoms with E-state index in [1.807, 2.05) is 0 Å². The van der Waals surface area contributed by atoms with E-state index >= 15 is 0 Å². The van der Waals surface area contributed by atoms with Crippen LogP contribution in [-0.2, 0) is 16.0 Å². The van der Waals surface area contributed by atoms with Crippen LogP contribution in [0.15, 0.2) is 67.1 Å². The number of rotatable bonds is 8. The van der Waals surface area contributed by atoms with Gasteiger partial charge in [-0.15, -0.1) is 0 Å². The van der Waals surface area contributed by atoms with Crippen molar-refractivity contribution in [2.24, 2.45) is 5.73 Å². The van der Waals surface area contributed by atoms with Crippen LogP contribution < -0.4 is 11.1 Å². The van der Waals surface area contributed by atoms with Gasteiger partial charge >= 0.3 is 6.55 Å². The number of alkyl halides is 2. The number of primary amides is 1. The van der Waals surface area contributed by atoms with Crippen molar-refractivity contribution in [3.63, 3.8) is 0 Å². The van der Waals surface area contributed by atoms with Crippen LogP contribution >= 0.6 is 0 Å². The molecule has 2 amide bonds. The summed E-state index contributed by atoms with van der Waals surface area (Å²) in [5.74, 6) is -3.14. The monoisotopic (exact) mass is 464 g/mol. The third-order valence-electron chi connectivity index (χ3n) is 5.09. The summed E-state index contributed by atoms with van der Waals surface area (Å²) in [6, 6.07) is 14.2. The highest BCUT2D eigenvalue weighted by molar-refractivity contribution is 6.38. The van der Waals surface area contributed by atoms with Crippen LogP contribution in [0, 0.1) is 0 Å². The third-order valence-corrected chi connectivity index (χ3v) is 5.09. The van der Waals surface area contributed by atoms with Crippen LogP contribution in [0.25, 0.3) is 22.3 Å². The number of nitrogens with two attached hydrogens (primary N) is 1. The van der Waals surface area contributed by atoms with Crippen LogP contribution in [-0.4, -0.2) is 43.4 Å². The summed E-state index contributed by atoms with van der Waals surface area (Å²) in [7, 11) is 0. The van der Waals surface area contributed by atoms with Crippen molar-refractivity contribution >= 4 is 28.5 Å². The average Bonchev–Trinajstić information content (AvgIpc) is 3.29.